The number of ether oxygens (including phenoxy) is 4. The molecule has 1 rings (SSSR count). The zero-order chi connectivity index (χ0) is 24.7. The second-order valence-corrected chi connectivity index (χ2v) is 11.5. The van der Waals surface area contributed by atoms with Gasteiger partial charge in [0.25, 0.3) is 0 Å². The van der Waals surface area contributed by atoms with Crippen molar-refractivity contribution < 1.29 is 35.8 Å². The molecule has 5 nitrogen and oxygen atoms in total. The highest BCUT2D eigenvalue weighted by atomic mass is 35.5. The van der Waals surface area contributed by atoms with Crippen LogP contribution in [0.2, 0.25) is 0 Å². The van der Waals surface area contributed by atoms with E-state index in [1.807, 2.05) is 0 Å². The standard InChI is InChI=1S/C29H60NO4.ClH/c1-30(2,3)21-23-32-24-25-34-27-29(31-4)26-33-22-17-12-10-8-6-5-7-9-11-14-18-28-19-15-13-16-20-28;/h28-29H,5-27H2,1-4H3;1H/q+1;/p-1. The van der Waals surface area contributed by atoms with Gasteiger partial charge in [-0.3, -0.25) is 0 Å². The Balaban J connectivity index is 0.0000116. The smallest absolute Gasteiger partial charge is 0.104 e. The molecule has 0 aromatic rings. The molecule has 212 valence electrons. The molecule has 1 unspecified atom stereocenters. The SMILES string of the molecule is COC(COCCCCCCCCCCCCC1CCCCC1)COCCOCC[N+](C)(C)C.[Cl-]. The maximum absolute atomic E-state index is 5.81. The molecule has 1 saturated carbocycles. The van der Waals surface area contributed by atoms with Gasteiger partial charge in [-0.25, -0.2) is 0 Å². The molecule has 1 atom stereocenters. The number of hydrogen-bond donors (Lipinski definition) is 0. The minimum atomic E-state index is 0. The first-order valence-corrected chi connectivity index (χ1v) is 14.6. The lowest BCUT2D eigenvalue weighted by molar-refractivity contribution is -0.870. The Labute approximate surface area is 225 Å². The molecule has 0 saturated heterocycles. The predicted molar refractivity (Wildman–Crippen MR) is 144 cm³/mol. The second kappa shape index (κ2) is 24.4. The average molecular weight is 522 g/mol. The van der Waals surface area contributed by atoms with Gasteiger partial charge in [0, 0.05) is 13.7 Å². The minimum absolute atomic E-state index is 0. The van der Waals surface area contributed by atoms with Crippen molar-refractivity contribution in [3.8, 4) is 0 Å². The van der Waals surface area contributed by atoms with Crippen molar-refractivity contribution in [2.45, 2.75) is 109 Å². The molecule has 0 aliphatic heterocycles. The molecule has 0 heterocycles. The third kappa shape index (κ3) is 24.2. The van der Waals surface area contributed by atoms with Crippen LogP contribution in [0.4, 0.5) is 0 Å². The summed E-state index contributed by atoms with van der Waals surface area (Å²) in [5.41, 5.74) is 0. The summed E-state index contributed by atoms with van der Waals surface area (Å²) in [6, 6.07) is 0. The highest BCUT2D eigenvalue weighted by Crippen LogP contribution is 2.28. The first kappa shape index (κ1) is 35.1. The minimum Gasteiger partial charge on any atom is -1.00 e. The molecular formula is C29H60ClNO4. The number of halogens is 1. The van der Waals surface area contributed by atoms with Gasteiger partial charge in [-0.2, -0.15) is 0 Å². The number of quaternary nitrogens is 1. The van der Waals surface area contributed by atoms with Gasteiger partial charge in [0.05, 0.1) is 54.2 Å². The molecule has 0 bridgehead atoms. The number of unbranched alkanes of at least 4 members (excludes halogenated alkanes) is 9. The van der Waals surface area contributed by atoms with E-state index in [0.29, 0.717) is 26.4 Å². The number of hydrogen-bond acceptors (Lipinski definition) is 4. The van der Waals surface area contributed by atoms with E-state index in [2.05, 4.69) is 21.1 Å². The van der Waals surface area contributed by atoms with E-state index in [0.717, 1.165) is 36.6 Å². The molecule has 0 spiro atoms. The maximum atomic E-state index is 5.81. The van der Waals surface area contributed by atoms with Crippen LogP contribution in [0.5, 0.6) is 0 Å². The number of methoxy groups -OCH3 is 1. The van der Waals surface area contributed by atoms with Gasteiger partial charge in [-0.05, 0) is 12.3 Å². The average Bonchev–Trinajstić information content (AvgIpc) is 2.82. The monoisotopic (exact) mass is 521 g/mol. The Morgan fingerprint density at radius 3 is 1.71 bits per heavy atom. The highest BCUT2D eigenvalue weighted by molar-refractivity contribution is 4.65. The fourth-order valence-electron chi connectivity index (χ4n) is 4.70. The summed E-state index contributed by atoms with van der Waals surface area (Å²) < 4.78 is 23.5. The van der Waals surface area contributed by atoms with Crippen LogP contribution in [0, 0.1) is 5.92 Å². The highest BCUT2D eigenvalue weighted by Gasteiger charge is 2.12. The zero-order valence-corrected chi connectivity index (χ0v) is 24.6. The summed E-state index contributed by atoms with van der Waals surface area (Å²) in [5, 5.41) is 0. The van der Waals surface area contributed by atoms with E-state index in [1.165, 1.54) is 96.3 Å². The molecule has 0 N–H and O–H groups in total. The Bertz CT molecular complexity index is 427. The van der Waals surface area contributed by atoms with E-state index in [4.69, 9.17) is 18.9 Å². The van der Waals surface area contributed by atoms with Crippen LogP contribution in [0.1, 0.15) is 103 Å². The number of nitrogens with zero attached hydrogens (tertiary/aromatic N) is 1. The van der Waals surface area contributed by atoms with Crippen molar-refractivity contribution in [1.29, 1.82) is 0 Å². The van der Waals surface area contributed by atoms with E-state index in [9.17, 15) is 0 Å². The summed E-state index contributed by atoms with van der Waals surface area (Å²) in [5.74, 6) is 1.07. The second-order valence-electron chi connectivity index (χ2n) is 11.5. The van der Waals surface area contributed by atoms with E-state index < -0.39 is 0 Å². The number of likely N-dealkylation sites (N-methyl/N-ethyl adjacent to an activating group) is 1. The third-order valence-corrected chi connectivity index (χ3v) is 7.10. The van der Waals surface area contributed by atoms with Gasteiger partial charge in [0.2, 0.25) is 0 Å². The van der Waals surface area contributed by atoms with Gasteiger partial charge < -0.3 is 35.8 Å². The Morgan fingerprint density at radius 2 is 1.14 bits per heavy atom. The van der Waals surface area contributed by atoms with Crippen LogP contribution >= 0.6 is 0 Å². The van der Waals surface area contributed by atoms with Gasteiger partial charge in [0.15, 0.2) is 0 Å². The van der Waals surface area contributed by atoms with Gasteiger partial charge in [-0.15, -0.1) is 0 Å². The molecular weight excluding hydrogens is 462 g/mol. The molecule has 0 amide bonds. The molecule has 0 aromatic carbocycles. The lowest BCUT2D eigenvalue weighted by Crippen LogP contribution is -3.00. The quantitative estimate of drug-likeness (QED) is 0.143. The van der Waals surface area contributed by atoms with Crippen LogP contribution in [-0.4, -0.2) is 85.0 Å². The fraction of sp³-hybridized carbons (Fsp3) is 1.00. The van der Waals surface area contributed by atoms with Crippen LogP contribution < -0.4 is 12.4 Å². The Kier molecular flexibility index (Phi) is 24.5. The summed E-state index contributed by atoms with van der Waals surface area (Å²) in [7, 11) is 8.24. The summed E-state index contributed by atoms with van der Waals surface area (Å²) in [6.07, 6.45) is 22.8. The van der Waals surface area contributed by atoms with Gasteiger partial charge >= 0.3 is 0 Å². The van der Waals surface area contributed by atoms with Crippen molar-refractivity contribution in [3.05, 3.63) is 0 Å². The normalized spacial score (nSPS) is 15.8. The molecule has 0 radical (unpaired) electrons. The van der Waals surface area contributed by atoms with Crippen molar-refractivity contribution in [1.82, 2.24) is 0 Å². The van der Waals surface area contributed by atoms with Crippen LogP contribution in [0.15, 0.2) is 0 Å². The Morgan fingerprint density at radius 1 is 0.629 bits per heavy atom. The molecule has 0 aromatic heterocycles. The molecule has 35 heavy (non-hydrogen) atoms. The molecule has 1 fully saturated rings. The van der Waals surface area contributed by atoms with Crippen LogP contribution in [-0.2, 0) is 18.9 Å². The molecule has 1 aliphatic rings. The van der Waals surface area contributed by atoms with E-state index >= 15 is 0 Å². The van der Waals surface area contributed by atoms with Gasteiger partial charge in [0.1, 0.15) is 12.6 Å². The van der Waals surface area contributed by atoms with E-state index in [-0.39, 0.29) is 18.5 Å². The lowest BCUT2D eigenvalue weighted by atomic mass is 9.85. The van der Waals surface area contributed by atoms with Crippen molar-refractivity contribution in [3.63, 3.8) is 0 Å². The topological polar surface area (TPSA) is 36.9 Å². The summed E-state index contributed by atoms with van der Waals surface area (Å²) in [4.78, 5) is 0. The maximum Gasteiger partial charge on any atom is 0.104 e. The van der Waals surface area contributed by atoms with Crippen molar-refractivity contribution in [2.75, 3.05) is 74.4 Å². The number of rotatable bonds is 24. The first-order chi connectivity index (χ1) is 16.5. The first-order valence-electron chi connectivity index (χ1n) is 14.6. The van der Waals surface area contributed by atoms with Crippen LogP contribution in [0.25, 0.3) is 0 Å². The van der Waals surface area contributed by atoms with Gasteiger partial charge in [-0.1, -0.05) is 96.3 Å². The summed E-state index contributed by atoms with van der Waals surface area (Å²) >= 11 is 0. The predicted octanol–water partition coefficient (Wildman–Crippen LogP) is 3.63. The van der Waals surface area contributed by atoms with E-state index in [1.54, 1.807) is 7.11 Å². The van der Waals surface area contributed by atoms with Crippen molar-refractivity contribution >= 4 is 0 Å². The molecule has 1 aliphatic carbocycles. The lowest BCUT2D eigenvalue weighted by Gasteiger charge is -2.23. The third-order valence-electron chi connectivity index (χ3n) is 7.10. The summed E-state index contributed by atoms with van der Waals surface area (Å²) in [6.45, 7) is 5.03. The zero-order valence-electron chi connectivity index (χ0n) is 23.9. The Hall–Kier alpha value is 0.0900. The molecule has 6 heteroatoms. The largest absolute Gasteiger partial charge is 1.00 e. The van der Waals surface area contributed by atoms with Crippen molar-refractivity contribution in [2.24, 2.45) is 5.92 Å². The fourth-order valence-corrected chi connectivity index (χ4v) is 4.70. The van der Waals surface area contributed by atoms with Crippen LogP contribution in [0.3, 0.4) is 0 Å².